The van der Waals surface area contributed by atoms with Crippen LogP contribution in [0, 0.1) is 0 Å². The van der Waals surface area contributed by atoms with Crippen molar-refractivity contribution in [2.24, 2.45) is 7.05 Å². The van der Waals surface area contributed by atoms with Crippen LogP contribution in [0.5, 0.6) is 5.75 Å². The fourth-order valence-corrected chi connectivity index (χ4v) is 3.67. The van der Waals surface area contributed by atoms with Crippen LogP contribution in [0.2, 0.25) is 0 Å². The first kappa shape index (κ1) is 15.6. The van der Waals surface area contributed by atoms with Crippen molar-refractivity contribution in [2.45, 2.75) is 6.04 Å². The number of methoxy groups -OCH3 is 1. The summed E-state index contributed by atoms with van der Waals surface area (Å²) in [5, 5.41) is 5.56. The van der Waals surface area contributed by atoms with Gasteiger partial charge in [0.2, 0.25) is 0 Å². The maximum absolute atomic E-state index is 5.57. The molecule has 1 atom stereocenters. The summed E-state index contributed by atoms with van der Waals surface area (Å²) < 4.78 is 8.59. The molecule has 25 heavy (non-hydrogen) atoms. The average molecular weight is 351 g/mol. The van der Waals surface area contributed by atoms with Gasteiger partial charge in [-0.2, -0.15) is 0 Å². The molecule has 0 saturated carbocycles. The molecule has 0 amide bonds. The van der Waals surface area contributed by atoms with Crippen molar-refractivity contribution in [3.05, 3.63) is 65.8 Å². The summed E-state index contributed by atoms with van der Waals surface area (Å²) in [7, 11) is 3.66. The van der Waals surface area contributed by atoms with Crippen LogP contribution in [0.4, 0.5) is 5.82 Å². The van der Waals surface area contributed by atoms with Crippen LogP contribution in [0.3, 0.4) is 0 Å². The summed E-state index contributed by atoms with van der Waals surface area (Å²) >= 11 is 1.62. The highest BCUT2D eigenvalue weighted by atomic mass is 32.1. The molecule has 4 aromatic rings. The number of fused-ring (bicyclic) bond motifs is 1. The Morgan fingerprint density at radius 3 is 2.84 bits per heavy atom. The number of anilines is 1. The van der Waals surface area contributed by atoms with Crippen molar-refractivity contribution >= 4 is 27.4 Å². The van der Waals surface area contributed by atoms with Gasteiger partial charge in [-0.25, -0.2) is 15.0 Å². The molecule has 0 spiro atoms. The number of nitrogens with zero attached hydrogens (tertiary/aromatic N) is 4. The highest BCUT2D eigenvalue weighted by Gasteiger charge is 2.23. The largest absolute Gasteiger partial charge is 0.496 e. The lowest BCUT2D eigenvalue weighted by Crippen LogP contribution is -2.18. The number of hydrogen-bond acceptors (Lipinski definition) is 6. The van der Waals surface area contributed by atoms with Crippen molar-refractivity contribution in [3.8, 4) is 5.75 Å². The van der Waals surface area contributed by atoms with Crippen molar-refractivity contribution in [2.75, 3.05) is 12.4 Å². The van der Waals surface area contributed by atoms with E-state index in [2.05, 4.69) is 20.3 Å². The number of imidazole rings is 1. The van der Waals surface area contributed by atoms with Crippen LogP contribution < -0.4 is 10.1 Å². The molecule has 0 aliphatic rings. The number of ether oxygens (including phenoxy) is 1. The van der Waals surface area contributed by atoms with E-state index in [9.17, 15) is 0 Å². The maximum atomic E-state index is 5.57. The smallest absolute Gasteiger partial charge is 0.148 e. The molecule has 0 aliphatic carbocycles. The molecule has 4 rings (SSSR count). The van der Waals surface area contributed by atoms with E-state index in [0.29, 0.717) is 0 Å². The van der Waals surface area contributed by atoms with Gasteiger partial charge < -0.3 is 14.6 Å². The average Bonchev–Trinajstić information content (AvgIpc) is 3.29. The molecule has 7 heteroatoms. The Kier molecular flexibility index (Phi) is 4.07. The lowest BCUT2D eigenvalue weighted by molar-refractivity contribution is 0.408. The Labute approximate surface area is 149 Å². The molecule has 126 valence electrons. The molecular formula is C18H17N5OS. The van der Waals surface area contributed by atoms with Crippen LogP contribution in [0.1, 0.15) is 17.4 Å². The number of rotatable bonds is 5. The number of aryl methyl sites for hydroxylation is 1. The van der Waals surface area contributed by atoms with Gasteiger partial charge in [-0.05, 0) is 17.5 Å². The Hall–Kier alpha value is -2.93. The van der Waals surface area contributed by atoms with E-state index in [1.54, 1.807) is 31.0 Å². The first-order valence-corrected chi connectivity index (χ1v) is 8.71. The molecule has 0 bridgehead atoms. The Morgan fingerprint density at radius 2 is 2.04 bits per heavy atom. The first-order valence-electron chi connectivity index (χ1n) is 7.83. The number of benzene rings is 1. The summed E-state index contributed by atoms with van der Waals surface area (Å²) in [5.41, 5.74) is 1.93. The number of thiophene rings is 1. The molecule has 1 N–H and O–H groups in total. The van der Waals surface area contributed by atoms with E-state index < -0.39 is 0 Å². The molecule has 1 aromatic carbocycles. The highest BCUT2D eigenvalue weighted by molar-refractivity contribution is 7.17. The summed E-state index contributed by atoms with van der Waals surface area (Å²) in [6.45, 7) is 0. The Morgan fingerprint density at radius 1 is 1.16 bits per heavy atom. The van der Waals surface area contributed by atoms with E-state index in [1.807, 2.05) is 53.5 Å². The lowest BCUT2D eigenvalue weighted by Gasteiger charge is -2.21. The fourth-order valence-electron chi connectivity index (χ4n) is 2.87. The predicted octanol–water partition coefficient (Wildman–Crippen LogP) is 3.63. The molecule has 0 saturated heterocycles. The summed E-state index contributed by atoms with van der Waals surface area (Å²) in [5.74, 6) is 2.48. The number of para-hydroxylation sites is 1. The van der Waals surface area contributed by atoms with E-state index in [1.165, 1.54) is 0 Å². The zero-order valence-electron chi connectivity index (χ0n) is 13.9. The summed E-state index contributed by atoms with van der Waals surface area (Å²) in [4.78, 5) is 13.3. The van der Waals surface area contributed by atoms with Crippen molar-refractivity contribution in [1.29, 1.82) is 0 Å². The number of hydrogen-bond donors (Lipinski definition) is 1. The molecule has 0 radical (unpaired) electrons. The first-order chi connectivity index (χ1) is 12.3. The summed E-state index contributed by atoms with van der Waals surface area (Å²) in [6, 6.07) is 9.74. The molecule has 1 unspecified atom stereocenters. The van der Waals surface area contributed by atoms with Crippen LogP contribution in [0.15, 0.2) is 54.4 Å². The zero-order valence-corrected chi connectivity index (χ0v) is 14.7. The minimum Gasteiger partial charge on any atom is -0.496 e. The van der Waals surface area contributed by atoms with Crippen LogP contribution in [0.25, 0.3) is 10.2 Å². The van der Waals surface area contributed by atoms with Crippen molar-refractivity contribution in [3.63, 3.8) is 0 Å². The predicted molar refractivity (Wildman–Crippen MR) is 99.1 cm³/mol. The molecule has 6 nitrogen and oxygen atoms in total. The lowest BCUT2D eigenvalue weighted by atomic mass is 10.0. The van der Waals surface area contributed by atoms with Gasteiger partial charge in [0.25, 0.3) is 0 Å². The third-order valence-corrected chi connectivity index (χ3v) is 5.00. The van der Waals surface area contributed by atoms with Gasteiger partial charge in [-0.3, -0.25) is 0 Å². The second kappa shape index (κ2) is 6.52. The third-order valence-electron chi connectivity index (χ3n) is 4.09. The number of aromatic nitrogens is 4. The topological polar surface area (TPSA) is 64.9 Å². The van der Waals surface area contributed by atoms with Gasteiger partial charge in [0, 0.05) is 25.0 Å². The molecular weight excluding hydrogens is 334 g/mol. The van der Waals surface area contributed by atoms with Gasteiger partial charge in [0.05, 0.1) is 17.3 Å². The monoisotopic (exact) mass is 351 g/mol. The molecule has 3 heterocycles. The Bertz CT molecular complexity index is 1010. The van der Waals surface area contributed by atoms with Gasteiger partial charge in [-0.1, -0.05) is 18.2 Å². The summed E-state index contributed by atoms with van der Waals surface area (Å²) in [6.07, 6.45) is 5.30. The quantitative estimate of drug-likeness (QED) is 0.595. The Balaban J connectivity index is 1.84. The van der Waals surface area contributed by atoms with Crippen molar-refractivity contribution < 1.29 is 4.74 Å². The standard InChI is InChI=1S/C18H17N5OS/c1-23-9-8-19-18(23)15(12-5-3-4-6-14(12)24-2)22-17-16-13(7-10-25-16)20-11-21-17/h3-11,15H,1-2H3,(H,20,21,22). The van der Waals surface area contributed by atoms with E-state index >= 15 is 0 Å². The zero-order chi connectivity index (χ0) is 17.2. The van der Waals surface area contributed by atoms with Gasteiger partial charge >= 0.3 is 0 Å². The normalized spacial score (nSPS) is 12.2. The second-order valence-electron chi connectivity index (χ2n) is 5.57. The van der Waals surface area contributed by atoms with Crippen molar-refractivity contribution in [1.82, 2.24) is 19.5 Å². The fraction of sp³-hybridized carbons (Fsp3) is 0.167. The van der Waals surface area contributed by atoms with Gasteiger partial charge in [-0.15, -0.1) is 11.3 Å². The second-order valence-corrected chi connectivity index (χ2v) is 6.49. The van der Waals surface area contributed by atoms with E-state index in [-0.39, 0.29) is 6.04 Å². The van der Waals surface area contributed by atoms with Gasteiger partial charge in [0.15, 0.2) is 0 Å². The van der Waals surface area contributed by atoms with Gasteiger partial charge in [0.1, 0.15) is 29.8 Å². The minimum atomic E-state index is -0.198. The van der Waals surface area contributed by atoms with Crippen LogP contribution in [-0.4, -0.2) is 26.6 Å². The maximum Gasteiger partial charge on any atom is 0.148 e. The van der Waals surface area contributed by atoms with Crippen LogP contribution in [-0.2, 0) is 7.05 Å². The molecule has 3 aromatic heterocycles. The van der Waals surface area contributed by atoms with E-state index in [4.69, 9.17) is 4.74 Å². The number of nitrogens with one attached hydrogen (secondary N) is 1. The highest BCUT2D eigenvalue weighted by Crippen LogP contribution is 2.34. The SMILES string of the molecule is COc1ccccc1C(Nc1ncnc2ccsc12)c1nccn1C. The third kappa shape index (κ3) is 2.83. The molecule has 0 fully saturated rings. The van der Waals surface area contributed by atoms with Crippen LogP contribution >= 0.6 is 11.3 Å². The minimum absolute atomic E-state index is 0.198. The van der Waals surface area contributed by atoms with E-state index in [0.717, 1.165) is 33.2 Å². The molecule has 0 aliphatic heterocycles.